The minimum Gasteiger partial charge on any atom is -0.465 e. The maximum atomic E-state index is 10.1. The van der Waals surface area contributed by atoms with E-state index in [1.807, 2.05) is 10.6 Å². The number of nitrogens with one attached hydrogen (secondary N) is 2. The Hall–Kier alpha value is -1.50. The second-order valence-electron chi connectivity index (χ2n) is 2.49. The summed E-state index contributed by atoms with van der Waals surface area (Å²) < 4.78 is 0. The Kier molecular flexibility index (Phi) is 4.60. The number of hydrogen-bond donors (Lipinski definition) is 5. The van der Waals surface area contributed by atoms with Crippen molar-refractivity contribution in [2.45, 2.75) is 19.1 Å². The van der Waals surface area contributed by atoms with Crippen molar-refractivity contribution in [1.82, 2.24) is 10.6 Å². The first-order valence-electron chi connectivity index (χ1n) is 3.57. The predicted octanol–water partition coefficient (Wildman–Crippen LogP) is -0.729. The Balaban J connectivity index is 3.75. The highest BCUT2D eigenvalue weighted by atomic mass is 16.4. The van der Waals surface area contributed by atoms with Crippen LogP contribution in [0.15, 0.2) is 0 Å². The van der Waals surface area contributed by atoms with E-state index in [0.717, 1.165) is 0 Å². The van der Waals surface area contributed by atoms with Crippen LogP contribution < -0.4 is 10.6 Å². The highest BCUT2D eigenvalue weighted by molar-refractivity contribution is 5.65. The van der Waals surface area contributed by atoms with Crippen LogP contribution in [0, 0.1) is 0 Å². The second-order valence-corrected chi connectivity index (χ2v) is 2.49. The molecule has 0 heterocycles. The van der Waals surface area contributed by atoms with Gasteiger partial charge in [0.15, 0.2) is 0 Å². The van der Waals surface area contributed by atoms with Gasteiger partial charge in [-0.15, -0.1) is 0 Å². The number of amides is 2. The van der Waals surface area contributed by atoms with Gasteiger partial charge >= 0.3 is 12.2 Å². The monoisotopic (exact) mass is 192 g/mol. The number of aliphatic hydroxyl groups excluding tert-OH is 1. The van der Waals surface area contributed by atoms with Crippen LogP contribution in [-0.4, -0.2) is 46.2 Å². The average molecular weight is 192 g/mol. The molecule has 7 heteroatoms. The highest BCUT2D eigenvalue weighted by Gasteiger charge is 2.16. The molecule has 0 aromatic heterocycles. The molecule has 0 saturated carbocycles. The Labute approximate surface area is 74.4 Å². The van der Waals surface area contributed by atoms with Crippen LogP contribution in [0.4, 0.5) is 9.59 Å². The lowest BCUT2D eigenvalue weighted by molar-refractivity contribution is 0.121. The van der Waals surface area contributed by atoms with Crippen LogP contribution >= 0.6 is 0 Å². The second kappa shape index (κ2) is 5.20. The van der Waals surface area contributed by atoms with E-state index in [1.165, 1.54) is 6.92 Å². The third kappa shape index (κ3) is 5.74. The van der Waals surface area contributed by atoms with Crippen molar-refractivity contribution < 1.29 is 24.9 Å². The molecule has 13 heavy (non-hydrogen) atoms. The lowest BCUT2D eigenvalue weighted by Crippen LogP contribution is -2.45. The normalized spacial score (nSPS) is 14.3. The van der Waals surface area contributed by atoms with Gasteiger partial charge in [-0.3, -0.25) is 0 Å². The molecule has 76 valence electrons. The van der Waals surface area contributed by atoms with Gasteiger partial charge in [0, 0.05) is 6.54 Å². The van der Waals surface area contributed by atoms with Gasteiger partial charge < -0.3 is 26.0 Å². The van der Waals surface area contributed by atoms with Gasteiger partial charge in [-0.25, -0.2) is 9.59 Å². The molecular formula is C6H12N2O5. The van der Waals surface area contributed by atoms with Crippen molar-refractivity contribution >= 4 is 12.2 Å². The van der Waals surface area contributed by atoms with Gasteiger partial charge in [-0.05, 0) is 6.92 Å². The molecule has 0 fully saturated rings. The third-order valence-electron chi connectivity index (χ3n) is 1.39. The van der Waals surface area contributed by atoms with Gasteiger partial charge in [0.2, 0.25) is 0 Å². The Morgan fingerprint density at radius 2 is 1.85 bits per heavy atom. The summed E-state index contributed by atoms with van der Waals surface area (Å²) in [5.74, 6) is 0. The van der Waals surface area contributed by atoms with Crippen molar-refractivity contribution in [3.05, 3.63) is 0 Å². The maximum absolute atomic E-state index is 10.1. The van der Waals surface area contributed by atoms with Gasteiger partial charge in [0.25, 0.3) is 0 Å². The molecule has 0 radical (unpaired) electrons. The fourth-order valence-electron chi connectivity index (χ4n) is 0.660. The molecule has 0 bridgehead atoms. The van der Waals surface area contributed by atoms with Crippen molar-refractivity contribution in [2.24, 2.45) is 0 Å². The quantitative estimate of drug-likeness (QED) is 0.402. The molecule has 0 aliphatic heterocycles. The van der Waals surface area contributed by atoms with Crippen LogP contribution in [0.3, 0.4) is 0 Å². The number of carboxylic acid groups (broad SMARTS) is 2. The summed E-state index contributed by atoms with van der Waals surface area (Å²) in [6.07, 6.45) is -3.60. The first-order valence-corrected chi connectivity index (χ1v) is 3.57. The van der Waals surface area contributed by atoms with Crippen molar-refractivity contribution in [1.29, 1.82) is 0 Å². The Morgan fingerprint density at radius 3 is 2.23 bits per heavy atom. The zero-order valence-corrected chi connectivity index (χ0v) is 7.02. The fourth-order valence-corrected chi connectivity index (χ4v) is 0.660. The summed E-state index contributed by atoms with van der Waals surface area (Å²) >= 11 is 0. The Morgan fingerprint density at radius 1 is 1.31 bits per heavy atom. The molecule has 0 aliphatic carbocycles. The minimum absolute atomic E-state index is 0.212. The molecule has 5 N–H and O–H groups in total. The van der Waals surface area contributed by atoms with E-state index in [2.05, 4.69) is 0 Å². The van der Waals surface area contributed by atoms with Crippen LogP contribution in [0.2, 0.25) is 0 Å². The fraction of sp³-hybridized carbons (Fsp3) is 0.667. The van der Waals surface area contributed by atoms with Crippen LogP contribution in [0.25, 0.3) is 0 Å². The van der Waals surface area contributed by atoms with E-state index in [4.69, 9.17) is 15.3 Å². The molecule has 0 aromatic carbocycles. The third-order valence-corrected chi connectivity index (χ3v) is 1.39. The molecule has 2 atom stereocenters. The largest absolute Gasteiger partial charge is 0.465 e. The van der Waals surface area contributed by atoms with Gasteiger partial charge in [-0.1, -0.05) is 0 Å². The lowest BCUT2D eigenvalue weighted by atomic mass is 10.2. The first kappa shape index (κ1) is 11.5. The van der Waals surface area contributed by atoms with Crippen molar-refractivity contribution in [3.8, 4) is 0 Å². The SMILES string of the molecule is CC(NC(=O)O)C(O)CNC(=O)O. The number of carbonyl (C=O) groups is 2. The molecule has 7 nitrogen and oxygen atoms in total. The summed E-state index contributed by atoms with van der Waals surface area (Å²) in [4.78, 5) is 20.1. The molecule has 2 amide bonds. The summed E-state index contributed by atoms with van der Waals surface area (Å²) in [5, 5.41) is 29.5. The highest BCUT2D eigenvalue weighted by Crippen LogP contribution is 1.90. The zero-order valence-electron chi connectivity index (χ0n) is 7.02. The standard InChI is InChI=1S/C6H12N2O5/c1-3(8-6(12)13)4(9)2-7-5(10)11/h3-4,7-9H,2H2,1H3,(H,10,11)(H,12,13). The van der Waals surface area contributed by atoms with Crippen LogP contribution in [0.5, 0.6) is 0 Å². The van der Waals surface area contributed by atoms with Crippen LogP contribution in [-0.2, 0) is 0 Å². The molecule has 2 unspecified atom stereocenters. The average Bonchev–Trinajstić information content (AvgIpc) is 1.98. The molecule has 0 aliphatic rings. The molecule has 0 saturated heterocycles. The lowest BCUT2D eigenvalue weighted by Gasteiger charge is -2.17. The molecule has 0 spiro atoms. The van der Waals surface area contributed by atoms with E-state index in [1.54, 1.807) is 0 Å². The number of rotatable bonds is 4. The number of hydrogen-bond acceptors (Lipinski definition) is 3. The van der Waals surface area contributed by atoms with Gasteiger partial charge in [0.1, 0.15) is 0 Å². The van der Waals surface area contributed by atoms with E-state index in [9.17, 15) is 9.59 Å². The molecule has 0 aromatic rings. The summed E-state index contributed by atoms with van der Waals surface area (Å²) in [6.45, 7) is 1.22. The summed E-state index contributed by atoms with van der Waals surface area (Å²) in [6, 6.07) is -0.718. The van der Waals surface area contributed by atoms with Crippen LogP contribution in [0.1, 0.15) is 6.92 Å². The smallest absolute Gasteiger partial charge is 0.404 e. The minimum atomic E-state index is -1.26. The zero-order chi connectivity index (χ0) is 10.4. The van der Waals surface area contributed by atoms with Crippen molar-refractivity contribution in [3.63, 3.8) is 0 Å². The number of aliphatic hydroxyl groups is 1. The van der Waals surface area contributed by atoms with E-state index in [0.29, 0.717) is 0 Å². The Bertz CT molecular complexity index is 195. The van der Waals surface area contributed by atoms with E-state index < -0.39 is 24.3 Å². The maximum Gasteiger partial charge on any atom is 0.404 e. The topological polar surface area (TPSA) is 119 Å². The molecular weight excluding hydrogens is 180 g/mol. The van der Waals surface area contributed by atoms with Crippen molar-refractivity contribution in [2.75, 3.05) is 6.54 Å². The first-order chi connectivity index (χ1) is 5.93. The summed E-state index contributed by atoms with van der Waals surface area (Å²) in [7, 11) is 0. The van der Waals surface area contributed by atoms with E-state index >= 15 is 0 Å². The van der Waals surface area contributed by atoms with Gasteiger partial charge in [-0.2, -0.15) is 0 Å². The molecule has 0 rings (SSSR count). The summed E-state index contributed by atoms with van der Waals surface area (Å²) in [5.41, 5.74) is 0. The predicted molar refractivity (Wildman–Crippen MR) is 42.7 cm³/mol. The van der Waals surface area contributed by atoms with Gasteiger partial charge in [0.05, 0.1) is 12.1 Å². The van der Waals surface area contributed by atoms with E-state index in [-0.39, 0.29) is 6.54 Å².